The van der Waals surface area contributed by atoms with Crippen molar-refractivity contribution in [3.05, 3.63) is 47.8 Å². The van der Waals surface area contributed by atoms with E-state index in [1.807, 2.05) is 0 Å². The Morgan fingerprint density at radius 1 is 1.19 bits per heavy atom. The lowest BCUT2D eigenvalue weighted by molar-refractivity contribution is -0.141. The Hall–Kier alpha value is -2.06. The van der Waals surface area contributed by atoms with E-state index in [4.69, 9.17) is 0 Å². The summed E-state index contributed by atoms with van der Waals surface area (Å²) in [7, 11) is 0. The molecule has 2 atom stereocenters. The second-order valence-electron chi connectivity index (χ2n) is 6.97. The molecule has 1 aromatic heterocycles. The standard InChI is InChI=1S/C18H19F3N4O.ClH/c19-18(20,21)16-6-7-25(24-16)15-3-1-2-11(8-15)17(26)23-14-9-12-4-5-13(10-14)22-12;/h1-3,6-8,12-14,22H,4-5,9-10H2,(H,23,26);1H. The number of benzene rings is 1. The van der Waals surface area contributed by atoms with Gasteiger partial charge in [0.05, 0.1) is 5.69 Å². The smallest absolute Gasteiger partial charge is 0.349 e. The number of hydrogen-bond donors (Lipinski definition) is 2. The predicted octanol–water partition coefficient (Wildman–Crippen LogP) is 3.33. The summed E-state index contributed by atoms with van der Waals surface area (Å²) < 4.78 is 39.3. The highest BCUT2D eigenvalue weighted by molar-refractivity contribution is 5.94. The lowest BCUT2D eigenvalue weighted by Gasteiger charge is -2.29. The summed E-state index contributed by atoms with van der Waals surface area (Å²) in [6.07, 6.45) is 0.867. The van der Waals surface area contributed by atoms with E-state index in [-0.39, 0.29) is 24.4 Å². The van der Waals surface area contributed by atoms with E-state index in [2.05, 4.69) is 15.7 Å². The molecule has 2 fully saturated rings. The minimum absolute atomic E-state index is 0. The normalized spacial score (nSPS) is 24.3. The Morgan fingerprint density at radius 3 is 2.52 bits per heavy atom. The molecule has 1 amide bonds. The number of nitrogens with zero attached hydrogens (tertiary/aromatic N) is 2. The number of alkyl halides is 3. The quantitative estimate of drug-likeness (QED) is 0.831. The fourth-order valence-electron chi connectivity index (χ4n) is 3.85. The maximum Gasteiger partial charge on any atom is 0.435 e. The van der Waals surface area contributed by atoms with Crippen molar-refractivity contribution in [3.8, 4) is 5.69 Å². The van der Waals surface area contributed by atoms with Crippen molar-refractivity contribution in [2.75, 3.05) is 0 Å². The third-order valence-corrected chi connectivity index (χ3v) is 5.06. The Balaban J connectivity index is 0.00000210. The zero-order valence-corrected chi connectivity index (χ0v) is 15.2. The van der Waals surface area contributed by atoms with Crippen molar-refractivity contribution in [2.45, 2.75) is 50.0 Å². The molecule has 2 aliphatic rings. The van der Waals surface area contributed by atoms with Gasteiger partial charge < -0.3 is 10.6 Å². The highest BCUT2D eigenvalue weighted by Crippen LogP contribution is 2.28. The summed E-state index contributed by atoms with van der Waals surface area (Å²) in [6.45, 7) is 0. The van der Waals surface area contributed by atoms with Crippen LogP contribution in [-0.4, -0.2) is 33.8 Å². The number of carbonyl (C=O) groups excluding carboxylic acids is 1. The van der Waals surface area contributed by atoms with Gasteiger partial charge in [-0.15, -0.1) is 12.4 Å². The molecule has 2 N–H and O–H groups in total. The number of amides is 1. The van der Waals surface area contributed by atoms with E-state index in [1.165, 1.54) is 6.20 Å². The zero-order valence-electron chi connectivity index (χ0n) is 14.4. The summed E-state index contributed by atoms with van der Waals surface area (Å²) in [6, 6.07) is 8.45. The third-order valence-electron chi connectivity index (χ3n) is 5.06. The van der Waals surface area contributed by atoms with E-state index in [9.17, 15) is 18.0 Å². The summed E-state index contributed by atoms with van der Waals surface area (Å²) in [4.78, 5) is 12.6. The second kappa shape index (κ2) is 7.52. The van der Waals surface area contributed by atoms with E-state index < -0.39 is 11.9 Å². The first-order valence-corrected chi connectivity index (χ1v) is 8.69. The number of rotatable bonds is 3. The molecule has 2 bridgehead atoms. The minimum Gasteiger partial charge on any atom is -0.349 e. The molecule has 3 heterocycles. The SMILES string of the molecule is Cl.O=C(NC1CC2CCC(C1)N2)c1cccc(-n2ccc(C(F)(F)F)n2)c1. The largest absolute Gasteiger partial charge is 0.435 e. The van der Waals surface area contributed by atoms with Gasteiger partial charge in [-0.05, 0) is 49.9 Å². The van der Waals surface area contributed by atoms with E-state index in [1.54, 1.807) is 24.3 Å². The lowest BCUT2D eigenvalue weighted by Crippen LogP contribution is -2.48. The van der Waals surface area contributed by atoms with Crippen LogP contribution >= 0.6 is 12.4 Å². The molecule has 9 heteroatoms. The number of aromatic nitrogens is 2. The van der Waals surface area contributed by atoms with Crippen molar-refractivity contribution in [1.29, 1.82) is 0 Å². The van der Waals surface area contributed by atoms with Crippen LogP contribution in [0.2, 0.25) is 0 Å². The number of halogens is 4. The summed E-state index contributed by atoms with van der Waals surface area (Å²) in [5.74, 6) is -0.207. The summed E-state index contributed by atoms with van der Waals surface area (Å²) >= 11 is 0. The van der Waals surface area contributed by atoms with Gasteiger partial charge >= 0.3 is 6.18 Å². The number of hydrogen-bond acceptors (Lipinski definition) is 3. The number of carbonyl (C=O) groups is 1. The monoisotopic (exact) mass is 400 g/mol. The number of nitrogens with one attached hydrogen (secondary N) is 2. The Kier molecular flexibility index (Phi) is 5.48. The van der Waals surface area contributed by atoms with E-state index in [0.717, 1.165) is 36.4 Å². The molecular formula is C18H20ClF3N4O. The predicted molar refractivity (Wildman–Crippen MR) is 96.2 cm³/mol. The van der Waals surface area contributed by atoms with Gasteiger partial charge in [0, 0.05) is 29.9 Å². The van der Waals surface area contributed by atoms with Crippen LogP contribution in [0.5, 0.6) is 0 Å². The number of piperidine rings is 1. The molecule has 27 heavy (non-hydrogen) atoms. The van der Waals surface area contributed by atoms with Gasteiger partial charge in [-0.25, -0.2) is 4.68 Å². The van der Waals surface area contributed by atoms with Gasteiger partial charge in [0.2, 0.25) is 0 Å². The van der Waals surface area contributed by atoms with Crippen molar-refractivity contribution >= 4 is 18.3 Å². The topological polar surface area (TPSA) is 59.0 Å². The molecule has 5 nitrogen and oxygen atoms in total. The Morgan fingerprint density at radius 2 is 1.89 bits per heavy atom. The van der Waals surface area contributed by atoms with Gasteiger partial charge in [0.15, 0.2) is 5.69 Å². The fraction of sp³-hybridized carbons (Fsp3) is 0.444. The zero-order chi connectivity index (χ0) is 18.3. The third kappa shape index (κ3) is 4.27. The fourth-order valence-corrected chi connectivity index (χ4v) is 3.85. The van der Waals surface area contributed by atoms with Crippen LogP contribution in [0.3, 0.4) is 0 Å². The van der Waals surface area contributed by atoms with Crippen molar-refractivity contribution < 1.29 is 18.0 Å². The van der Waals surface area contributed by atoms with Gasteiger partial charge in [0.25, 0.3) is 5.91 Å². The molecule has 0 spiro atoms. The average Bonchev–Trinajstić information content (AvgIpc) is 3.22. The highest BCUT2D eigenvalue weighted by Gasteiger charge is 2.35. The lowest BCUT2D eigenvalue weighted by atomic mass is 9.99. The van der Waals surface area contributed by atoms with Crippen LogP contribution in [0.15, 0.2) is 36.5 Å². The van der Waals surface area contributed by atoms with Crippen LogP contribution in [0.1, 0.15) is 41.7 Å². The Labute approximate surface area is 160 Å². The van der Waals surface area contributed by atoms with Crippen LogP contribution < -0.4 is 10.6 Å². The molecule has 4 rings (SSSR count). The van der Waals surface area contributed by atoms with Crippen molar-refractivity contribution in [3.63, 3.8) is 0 Å². The number of fused-ring (bicyclic) bond motifs is 2. The van der Waals surface area contributed by atoms with Gasteiger partial charge in [-0.1, -0.05) is 6.07 Å². The first kappa shape index (κ1) is 19.7. The first-order valence-electron chi connectivity index (χ1n) is 8.69. The molecular weight excluding hydrogens is 381 g/mol. The molecule has 2 unspecified atom stereocenters. The molecule has 1 aromatic carbocycles. The molecule has 0 aliphatic carbocycles. The Bertz CT molecular complexity index is 811. The molecule has 2 saturated heterocycles. The van der Waals surface area contributed by atoms with Crippen LogP contribution in [0.4, 0.5) is 13.2 Å². The van der Waals surface area contributed by atoms with Crippen LogP contribution in [0.25, 0.3) is 5.69 Å². The highest BCUT2D eigenvalue weighted by atomic mass is 35.5. The first-order chi connectivity index (χ1) is 12.4. The molecule has 0 radical (unpaired) electrons. The molecule has 2 aromatic rings. The summed E-state index contributed by atoms with van der Waals surface area (Å²) in [5, 5.41) is 10.1. The summed E-state index contributed by atoms with van der Waals surface area (Å²) in [5.41, 5.74) is -0.131. The van der Waals surface area contributed by atoms with Gasteiger partial charge in [0.1, 0.15) is 0 Å². The molecule has 2 aliphatic heterocycles. The minimum atomic E-state index is -4.49. The maximum atomic E-state index is 12.7. The van der Waals surface area contributed by atoms with Crippen LogP contribution in [-0.2, 0) is 6.18 Å². The molecule has 146 valence electrons. The molecule has 0 saturated carbocycles. The maximum absolute atomic E-state index is 12.7. The average molecular weight is 401 g/mol. The van der Waals surface area contributed by atoms with Gasteiger partial charge in [-0.3, -0.25) is 4.79 Å². The van der Waals surface area contributed by atoms with Crippen molar-refractivity contribution in [2.24, 2.45) is 0 Å². The van der Waals surface area contributed by atoms with E-state index >= 15 is 0 Å². The second-order valence-corrected chi connectivity index (χ2v) is 6.97. The van der Waals surface area contributed by atoms with Gasteiger partial charge in [-0.2, -0.15) is 18.3 Å². The van der Waals surface area contributed by atoms with E-state index in [0.29, 0.717) is 23.3 Å². The van der Waals surface area contributed by atoms with Crippen LogP contribution in [0, 0.1) is 0 Å². The van der Waals surface area contributed by atoms with Crippen molar-refractivity contribution in [1.82, 2.24) is 20.4 Å².